The van der Waals surface area contributed by atoms with Gasteiger partial charge in [0, 0.05) is 12.6 Å². The van der Waals surface area contributed by atoms with Crippen molar-refractivity contribution in [2.45, 2.75) is 38.8 Å². The molecule has 1 N–H and O–H groups in total. The fraction of sp³-hybridized carbons (Fsp3) is 0.571. The van der Waals surface area contributed by atoms with Crippen molar-refractivity contribution in [1.82, 2.24) is 4.90 Å². The Morgan fingerprint density at radius 3 is 2.94 bits per heavy atom. The standard InChI is InChI=1S/C14H20BrNO2/c1-3-11-5-4-6-16(11)9-10-7-12(15)14(17)13(8-10)18-2/h7-8,11,17H,3-6,9H2,1-2H3. The van der Waals surface area contributed by atoms with E-state index in [2.05, 4.69) is 27.8 Å². The number of rotatable bonds is 4. The van der Waals surface area contributed by atoms with Crippen molar-refractivity contribution < 1.29 is 9.84 Å². The van der Waals surface area contributed by atoms with Gasteiger partial charge in [-0.2, -0.15) is 0 Å². The largest absolute Gasteiger partial charge is 0.503 e. The first-order chi connectivity index (χ1) is 8.65. The summed E-state index contributed by atoms with van der Waals surface area (Å²) >= 11 is 3.37. The van der Waals surface area contributed by atoms with Gasteiger partial charge in [0.25, 0.3) is 0 Å². The lowest BCUT2D eigenvalue weighted by atomic mass is 10.1. The highest BCUT2D eigenvalue weighted by molar-refractivity contribution is 9.10. The number of phenols is 1. The predicted octanol–water partition coefficient (Wildman–Crippen LogP) is 3.54. The fourth-order valence-corrected chi connectivity index (χ4v) is 3.16. The van der Waals surface area contributed by atoms with E-state index in [1.807, 2.05) is 12.1 Å². The Balaban J connectivity index is 2.16. The Kier molecular flexibility index (Phi) is 4.51. The zero-order valence-electron chi connectivity index (χ0n) is 10.9. The van der Waals surface area contributed by atoms with Crippen LogP contribution in [-0.2, 0) is 6.54 Å². The first-order valence-electron chi connectivity index (χ1n) is 6.45. The van der Waals surface area contributed by atoms with Crippen LogP contribution in [-0.4, -0.2) is 29.7 Å². The van der Waals surface area contributed by atoms with Crippen LogP contribution in [0.4, 0.5) is 0 Å². The number of benzene rings is 1. The molecule has 1 aliphatic heterocycles. The SMILES string of the molecule is CCC1CCCN1Cc1cc(Br)c(O)c(OC)c1. The highest BCUT2D eigenvalue weighted by Gasteiger charge is 2.23. The highest BCUT2D eigenvalue weighted by Crippen LogP contribution is 2.36. The minimum atomic E-state index is 0.176. The molecule has 4 heteroatoms. The summed E-state index contributed by atoms with van der Waals surface area (Å²) in [6.45, 7) is 4.34. The molecule has 0 bridgehead atoms. The van der Waals surface area contributed by atoms with Gasteiger partial charge in [-0.05, 0) is 59.4 Å². The predicted molar refractivity (Wildman–Crippen MR) is 76.1 cm³/mol. The quantitative estimate of drug-likeness (QED) is 0.923. The van der Waals surface area contributed by atoms with Gasteiger partial charge in [0.1, 0.15) is 0 Å². The van der Waals surface area contributed by atoms with E-state index >= 15 is 0 Å². The normalized spacial score (nSPS) is 20.3. The minimum Gasteiger partial charge on any atom is -0.503 e. The van der Waals surface area contributed by atoms with Crippen molar-refractivity contribution in [3.63, 3.8) is 0 Å². The van der Waals surface area contributed by atoms with Crippen molar-refractivity contribution in [2.24, 2.45) is 0 Å². The molecule has 18 heavy (non-hydrogen) atoms. The third kappa shape index (κ3) is 2.81. The molecule has 1 aromatic rings. The molecule has 0 saturated carbocycles. The van der Waals surface area contributed by atoms with Crippen LogP contribution in [0.25, 0.3) is 0 Å². The highest BCUT2D eigenvalue weighted by atomic mass is 79.9. The molecular formula is C14H20BrNO2. The zero-order valence-corrected chi connectivity index (χ0v) is 12.5. The number of ether oxygens (including phenoxy) is 1. The van der Waals surface area contributed by atoms with Crippen molar-refractivity contribution in [1.29, 1.82) is 0 Å². The number of aromatic hydroxyl groups is 1. The Labute approximate surface area is 117 Å². The van der Waals surface area contributed by atoms with E-state index in [1.54, 1.807) is 7.11 Å². The topological polar surface area (TPSA) is 32.7 Å². The first kappa shape index (κ1) is 13.7. The smallest absolute Gasteiger partial charge is 0.172 e. The lowest BCUT2D eigenvalue weighted by molar-refractivity contribution is 0.239. The van der Waals surface area contributed by atoms with E-state index in [9.17, 15) is 5.11 Å². The summed E-state index contributed by atoms with van der Waals surface area (Å²) in [4.78, 5) is 2.51. The van der Waals surface area contributed by atoms with Crippen LogP contribution in [0.5, 0.6) is 11.5 Å². The van der Waals surface area contributed by atoms with Gasteiger partial charge in [-0.15, -0.1) is 0 Å². The zero-order chi connectivity index (χ0) is 13.1. The molecule has 100 valence electrons. The second-order valence-corrected chi connectivity index (χ2v) is 5.66. The Bertz CT molecular complexity index is 423. The molecule has 0 amide bonds. The van der Waals surface area contributed by atoms with E-state index in [4.69, 9.17) is 4.74 Å². The lowest BCUT2D eigenvalue weighted by Crippen LogP contribution is -2.28. The second kappa shape index (κ2) is 5.93. The van der Waals surface area contributed by atoms with Crippen LogP contribution in [0, 0.1) is 0 Å². The van der Waals surface area contributed by atoms with E-state index in [1.165, 1.54) is 31.4 Å². The van der Waals surface area contributed by atoms with Crippen molar-refractivity contribution >= 4 is 15.9 Å². The number of nitrogens with zero attached hydrogens (tertiary/aromatic N) is 1. The molecular weight excluding hydrogens is 294 g/mol. The molecule has 1 aromatic carbocycles. The monoisotopic (exact) mass is 313 g/mol. The number of halogens is 1. The van der Waals surface area contributed by atoms with E-state index < -0.39 is 0 Å². The molecule has 1 unspecified atom stereocenters. The second-order valence-electron chi connectivity index (χ2n) is 4.80. The molecule has 0 aromatic heterocycles. The summed E-state index contributed by atoms with van der Waals surface area (Å²) in [5.41, 5.74) is 1.18. The third-order valence-corrected chi connectivity index (χ3v) is 4.27. The maximum Gasteiger partial charge on any atom is 0.172 e. The third-order valence-electron chi connectivity index (χ3n) is 3.66. The Morgan fingerprint density at radius 1 is 1.50 bits per heavy atom. The number of hydrogen-bond donors (Lipinski definition) is 1. The van der Waals surface area contributed by atoms with Gasteiger partial charge in [-0.1, -0.05) is 6.92 Å². The molecule has 0 spiro atoms. The fourth-order valence-electron chi connectivity index (χ4n) is 2.67. The maximum absolute atomic E-state index is 9.80. The molecule has 0 aliphatic carbocycles. The lowest BCUT2D eigenvalue weighted by Gasteiger charge is -2.23. The Hall–Kier alpha value is -0.740. The van der Waals surface area contributed by atoms with E-state index in [0.29, 0.717) is 16.3 Å². The van der Waals surface area contributed by atoms with Gasteiger partial charge >= 0.3 is 0 Å². The molecule has 1 atom stereocenters. The van der Waals surface area contributed by atoms with Crippen molar-refractivity contribution in [3.05, 3.63) is 22.2 Å². The number of hydrogen-bond acceptors (Lipinski definition) is 3. The maximum atomic E-state index is 9.80. The van der Waals surface area contributed by atoms with Crippen LogP contribution in [0.2, 0.25) is 0 Å². The van der Waals surface area contributed by atoms with E-state index in [-0.39, 0.29) is 5.75 Å². The summed E-state index contributed by atoms with van der Waals surface area (Å²) in [6.07, 6.45) is 3.79. The van der Waals surface area contributed by atoms with Crippen molar-refractivity contribution in [2.75, 3.05) is 13.7 Å². The number of likely N-dealkylation sites (tertiary alicyclic amines) is 1. The molecule has 1 aliphatic rings. The summed E-state index contributed by atoms with van der Waals surface area (Å²) in [5, 5.41) is 9.80. The summed E-state index contributed by atoms with van der Waals surface area (Å²) in [7, 11) is 1.58. The average Bonchev–Trinajstić information content (AvgIpc) is 2.80. The minimum absolute atomic E-state index is 0.176. The van der Waals surface area contributed by atoms with Gasteiger partial charge in [-0.25, -0.2) is 0 Å². The van der Waals surface area contributed by atoms with Gasteiger partial charge < -0.3 is 9.84 Å². The molecule has 3 nitrogen and oxygen atoms in total. The summed E-state index contributed by atoms with van der Waals surface area (Å²) in [6, 6.07) is 4.59. The van der Waals surface area contributed by atoms with E-state index in [0.717, 1.165) is 6.54 Å². The molecule has 1 fully saturated rings. The van der Waals surface area contributed by atoms with Gasteiger partial charge in [-0.3, -0.25) is 4.90 Å². The Morgan fingerprint density at radius 2 is 2.28 bits per heavy atom. The molecule has 0 radical (unpaired) electrons. The molecule has 1 saturated heterocycles. The molecule has 2 rings (SSSR count). The van der Waals surface area contributed by atoms with Crippen molar-refractivity contribution in [3.8, 4) is 11.5 Å². The number of methoxy groups -OCH3 is 1. The average molecular weight is 314 g/mol. The van der Waals surface area contributed by atoms with Crippen LogP contribution in [0.3, 0.4) is 0 Å². The van der Waals surface area contributed by atoms with Crippen LogP contribution in [0.1, 0.15) is 31.7 Å². The van der Waals surface area contributed by atoms with Crippen LogP contribution >= 0.6 is 15.9 Å². The molecule has 1 heterocycles. The van der Waals surface area contributed by atoms with Crippen LogP contribution in [0.15, 0.2) is 16.6 Å². The summed E-state index contributed by atoms with van der Waals surface area (Å²) in [5.74, 6) is 0.710. The van der Waals surface area contributed by atoms with Gasteiger partial charge in [0.05, 0.1) is 11.6 Å². The first-order valence-corrected chi connectivity index (χ1v) is 7.24. The van der Waals surface area contributed by atoms with Gasteiger partial charge in [0.15, 0.2) is 11.5 Å². The van der Waals surface area contributed by atoms with Crippen LogP contribution < -0.4 is 4.74 Å². The summed E-state index contributed by atoms with van der Waals surface area (Å²) < 4.78 is 5.88. The number of phenolic OH excluding ortho intramolecular Hbond substituents is 1. The van der Waals surface area contributed by atoms with Gasteiger partial charge in [0.2, 0.25) is 0 Å².